The van der Waals surface area contributed by atoms with Crippen molar-refractivity contribution in [1.82, 2.24) is 25.5 Å². The number of benzene rings is 1. The number of thioether (sulfide) groups is 1. The van der Waals surface area contributed by atoms with Crippen LogP contribution in [0.2, 0.25) is 5.02 Å². The first kappa shape index (κ1) is 22.6. The molecule has 0 amide bonds. The number of rotatable bonds is 3. The molecule has 1 saturated heterocycles. The SMILES string of the molecule is CC#N.CSc1nc2c(c(N3CCNCC3)n1)CCC(c1c(Cl)c(C)cc3[nH]ncc13)O2. The number of nitrogens with one attached hydrogen (secondary N) is 2. The van der Waals surface area contributed by atoms with E-state index in [0.717, 1.165) is 82.6 Å². The lowest BCUT2D eigenvalue weighted by Gasteiger charge is -2.33. The maximum absolute atomic E-state index is 7.32. The molecule has 2 aliphatic heterocycles. The average Bonchev–Trinajstić information content (AvgIpc) is 3.27. The van der Waals surface area contributed by atoms with Gasteiger partial charge in [0.2, 0.25) is 5.88 Å². The third-order valence-corrected chi connectivity index (χ3v) is 6.71. The second kappa shape index (κ2) is 9.94. The van der Waals surface area contributed by atoms with Gasteiger partial charge < -0.3 is 15.0 Å². The van der Waals surface area contributed by atoms with Gasteiger partial charge in [0.05, 0.1) is 28.4 Å². The molecule has 0 radical (unpaired) electrons. The van der Waals surface area contributed by atoms with E-state index in [0.29, 0.717) is 5.88 Å². The number of anilines is 1. The molecule has 0 aliphatic carbocycles. The fourth-order valence-electron chi connectivity index (χ4n) is 4.20. The highest BCUT2D eigenvalue weighted by atomic mass is 35.5. The zero-order valence-corrected chi connectivity index (χ0v) is 20.0. The van der Waals surface area contributed by atoms with Crippen LogP contribution >= 0.6 is 23.4 Å². The Morgan fingerprint density at radius 3 is 2.78 bits per heavy atom. The first-order chi connectivity index (χ1) is 15.6. The van der Waals surface area contributed by atoms with Crippen LogP contribution < -0.4 is 15.0 Å². The van der Waals surface area contributed by atoms with E-state index in [2.05, 4.69) is 20.4 Å². The van der Waals surface area contributed by atoms with E-state index in [9.17, 15) is 0 Å². The summed E-state index contributed by atoms with van der Waals surface area (Å²) in [6, 6.07) is 3.78. The monoisotopic (exact) mass is 471 g/mol. The molecule has 1 atom stereocenters. The first-order valence-electron chi connectivity index (χ1n) is 10.6. The number of fused-ring (bicyclic) bond motifs is 2. The maximum Gasteiger partial charge on any atom is 0.223 e. The number of aryl methyl sites for hydroxylation is 1. The van der Waals surface area contributed by atoms with E-state index in [1.807, 2.05) is 25.4 Å². The van der Waals surface area contributed by atoms with Crippen molar-refractivity contribution < 1.29 is 4.74 Å². The Kier molecular flexibility index (Phi) is 7.04. The number of ether oxygens (including phenoxy) is 1. The highest BCUT2D eigenvalue weighted by molar-refractivity contribution is 7.98. The number of aromatic nitrogens is 4. The number of halogens is 1. The van der Waals surface area contributed by atoms with Gasteiger partial charge in [-0.25, -0.2) is 4.98 Å². The van der Waals surface area contributed by atoms with Crippen molar-refractivity contribution >= 4 is 40.1 Å². The molecule has 32 heavy (non-hydrogen) atoms. The lowest BCUT2D eigenvalue weighted by Crippen LogP contribution is -2.44. The molecule has 8 nitrogen and oxygen atoms in total. The van der Waals surface area contributed by atoms with Crippen LogP contribution in [0.4, 0.5) is 5.82 Å². The molecule has 168 valence electrons. The van der Waals surface area contributed by atoms with Crippen molar-refractivity contribution in [3.8, 4) is 11.9 Å². The highest BCUT2D eigenvalue weighted by Crippen LogP contribution is 2.43. The van der Waals surface area contributed by atoms with Crippen molar-refractivity contribution in [1.29, 1.82) is 5.26 Å². The van der Waals surface area contributed by atoms with Crippen LogP contribution in [0.5, 0.6) is 5.88 Å². The molecule has 4 heterocycles. The van der Waals surface area contributed by atoms with Gasteiger partial charge in [-0.15, -0.1) is 0 Å². The summed E-state index contributed by atoms with van der Waals surface area (Å²) in [7, 11) is 0. The van der Waals surface area contributed by atoms with E-state index in [4.69, 9.17) is 31.6 Å². The quantitative estimate of drug-likeness (QED) is 0.435. The molecule has 2 aliphatic rings. The van der Waals surface area contributed by atoms with Crippen molar-refractivity contribution in [3.05, 3.63) is 34.0 Å². The van der Waals surface area contributed by atoms with E-state index in [-0.39, 0.29) is 6.10 Å². The topological polar surface area (TPSA) is 103 Å². The smallest absolute Gasteiger partial charge is 0.223 e. The van der Waals surface area contributed by atoms with Gasteiger partial charge in [-0.3, -0.25) is 5.10 Å². The second-order valence-corrected chi connectivity index (χ2v) is 8.83. The van der Waals surface area contributed by atoms with Gasteiger partial charge in [-0.05, 0) is 37.7 Å². The number of aromatic amines is 1. The molecule has 0 spiro atoms. The standard InChI is InChI=1S/C20H23ClN6OS.C2H3N/c1-11-9-14-13(10-23-26-14)16(17(11)21)15-4-3-12-18(27-7-5-22-6-8-27)24-20(29-2)25-19(12)28-15;1-2-3/h9-10,15,22H,3-8H2,1-2H3,(H,23,26);1H3. The third kappa shape index (κ3) is 4.35. The van der Waals surface area contributed by atoms with Crippen LogP contribution in [-0.2, 0) is 6.42 Å². The summed E-state index contributed by atoms with van der Waals surface area (Å²) in [5.41, 5.74) is 4.09. The second-order valence-electron chi connectivity index (χ2n) is 7.68. The Hall–Kier alpha value is -2.54. The van der Waals surface area contributed by atoms with Crippen molar-refractivity contribution in [3.63, 3.8) is 0 Å². The molecule has 1 unspecified atom stereocenters. The molecule has 5 rings (SSSR count). The molecule has 0 bridgehead atoms. The van der Waals surface area contributed by atoms with Gasteiger partial charge in [-0.1, -0.05) is 23.4 Å². The number of nitriles is 1. The summed E-state index contributed by atoms with van der Waals surface area (Å²) in [6.07, 6.45) is 5.36. The predicted molar refractivity (Wildman–Crippen MR) is 128 cm³/mol. The third-order valence-electron chi connectivity index (χ3n) is 5.66. The van der Waals surface area contributed by atoms with Gasteiger partial charge in [0.1, 0.15) is 11.9 Å². The minimum Gasteiger partial charge on any atom is -0.469 e. The average molecular weight is 472 g/mol. The summed E-state index contributed by atoms with van der Waals surface area (Å²) < 4.78 is 6.47. The van der Waals surface area contributed by atoms with E-state index < -0.39 is 0 Å². The Labute approximate surface area is 196 Å². The summed E-state index contributed by atoms with van der Waals surface area (Å²) in [4.78, 5) is 11.9. The van der Waals surface area contributed by atoms with Gasteiger partial charge in [-0.2, -0.15) is 15.3 Å². The van der Waals surface area contributed by atoms with Crippen LogP contribution in [0.1, 0.15) is 36.1 Å². The molecule has 2 N–H and O–H groups in total. The molecule has 1 aromatic carbocycles. The normalized spacial score (nSPS) is 17.7. The lowest BCUT2D eigenvalue weighted by molar-refractivity contribution is 0.167. The Balaban J connectivity index is 0.000000775. The minimum absolute atomic E-state index is 0.157. The van der Waals surface area contributed by atoms with Gasteiger partial charge in [0, 0.05) is 44.1 Å². The summed E-state index contributed by atoms with van der Waals surface area (Å²) >= 11 is 8.27. The number of hydrogen-bond donors (Lipinski definition) is 2. The van der Waals surface area contributed by atoms with Crippen molar-refractivity contribution in [2.75, 3.05) is 37.3 Å². The van der Waals surface area contributed by atoms with Gasteiger partial charge >= 0.3 is 0 Å². The molecular weight excluding hydrogens is 446 g/mol. The van der Waals surface area contributed by atoms with Crippen LogP contribution in [0, 0.1) is 18.3 Å². The van der Waals surface area contributed by atoms with Gasteiger partial charge in [0.25, 0.3) is 0 Å². The fourth-order valence-corrected chi connectivity index (χ4v) is 4.83. The molecule has 0 saturated carbocycles. The molecule has 2 aromatic heterocycles. The Morgan fingerprint density at radius 2 is 2.06 bits per heavy atom. The molecular formula is C22H26ClN7OS. The van der Waals surface area contributed by atoms with Crippen molar-refractivity contribution in [2.45, 2.75) is 37.9 Å². The van der Waals surface area contributed by atoms with Gasteiger partial charge in [0.15, 0.2) is 5.16 Å². The van der Waals surface area contributed by atoms with Crippen LogP contribution in [-0.4, -0.2) is 52.6 Å². The van der Waals surface area contributed by atoms with E-state index >= 15 is 0 Å². The van der Waals surface area contributed by atoms with Crippen molar-refractivity contribution in [2.24, 2.45) is 0 Å². The van der Waals surface area contributed by atoms with Crippen LogP contribution in [0.25, 0.3) is 10.9 Å². The largest absolute Gasteiger partial charge is 0.469 e. The predicted octanol–water partition coefficient (Wildman–Crippen LogP) is 4.04. The molecule has 10 heteroatoms. The first-order valence-corrected chi connectivity index (χ1v) is 12.2. The fraction of sp³-hybridized carbons (Fsp3) is 0.455. The summed E-state index contributed by atoms with van der Waals surface area (Å²) in [5, 5.41) is 20.5. The number of nitrogens with zero attached hydrogens (tertiary/aromatic N) is 5. The van der Waals surface area contributed by atoms with E-state index in [1.165, 1.54) is 6.92 Å². The minimum atomic E-state index is -0.157. The van der Waals surface area contributed by atoms with Crippen LogP contribution in [0.3, 0.4) is 0 Å². The highest BCUT2D eigenvalue weighted by Gasteiger charge is 2.31. The van der Waals surface area contributed by atoms with Crippen LogP contribution in [0.15, 0.2) is 17.4 Å². The summed E-state index contributed by atoms with van der Waals surface area (Å²) in [5.74, 6) is 1.70. The van der Waals surface area contributed by atoms with E-state index in [1.54, 1.807) is 17.8 Å². The molecule has 1 fully saturated rings. The maximum atomic E-state index is 7.32. The molecule has 3 aromatic rings. The number of H-pyrrole nitrogens is 1. The Morgan fingerprint density at radius 1 is 1.31 bits per heavy atom. The zero-order chi connectivity index (χ0) is 22.7. The summed E-state index contributed by atoms with van der Waals surface area (Å²) in [6.45, 7) is 7.27. The number of piperazine rings is 1. The Bertz CT molecular complexity index is 1150. The lowest BCUT2D eigenvalue weighted by atomic mass is 9.95. The zero-order valence-electron chi connectivity index (χ0n) is 18.4. The number of hydrogen-bond acceptors (Lipinski definition) is 8.